The van der Waals surface area contributed by atoms with Crippen molar-refractivity contribution in [3.8, 4) is 11.8 Å². The second-order valence-electron chi connectivity index (χ2n) is 4.49. The number of ether oxygens (including phenoxy) is 1. The van der Waals surface area contributed by atoms with Gasteiger partial charge in [-0.05, 0) is 49.0 Å². The molecule has 0 amide bonds. The zero-order valence-electron chi connectivity index (χ0n) is 11.5. The quantitative estimate of drug-likeness (QED) is 0.894. The summed E-state index contributed by atoms with van der Waals surface area (Å²) in [5.41, 5.74) is 1.84. The summed E-state index contributed by atoms with van der Waals surface area (Å²) < 4.78 is 20.3. The third kappa shape index (κ3) is 4.03. The SMILES string of the molecule is CNCc1cc(OCc2cc(C#N)ccc2F)ccc1Br. The first-order chi connectivity index (χ1) is 10.1. The van der Waals surface area contributed by atoms with Gasteiger partial charge in [-0.2, -0.15) is 5.26 Å². The number of benzene rings is 2. The van der Waals surface area contributed by atoms with E-state index in [2.05, 4.69) is 21.2 Å². The maximum Gasteiger partial charge on any atom is 0.129 e. The minimum atomic E-state index is -0.374. The van der Waals surface area contributed by atoms with Gasteiger partial charge < -0.3 is 10.1 Å². The van der Waals surface area contributed by atoms with Gasteiger partial charge in [-0.25, -0.2) is 4.39 Å². The Morgan fingerprint density at radius 1 is 1.24 bits per heavy atom. The first-order valence-electron chi connectivity index (χ1n) is 6.38. The van der Waals surface area contributed by atoms with E-state index in [-0.39, 0.29) is 12.4 Å². The molecule has 0 aliphatic carbocycles. The van der Waals surface area contributed by atoms with Gasteiger partial charge in [0.2, 0.25) is 0 Å². The molecule has 1 N–H and O–H groups in total. The summed E-state index contributed by atoms with van der Waals surface area (Å²) in [7, 11) is 1.86. The average molecular weight is 349 g/mol. The van der Waals surface area contributed by atoms with Crippen LogP contribution in [0, 0.1) is 17.1 Å². The van der Waals surface area contributed by atoms with Crippen molar-refractivity contribution in [2.24, 2.45) is 0 Å². The van der Waals surface area contributed by atoms with Crippen molar-refractivity contribution in [2.45, 2.75) is 13.2 Å². The van der Waals surface area contributed by atoms with Gasteiger partial charge in [0.15, 0.2) is 0 Å². The monoisotopic (exact) mass is 348 g/mol. The summed E-state index contributed by atoms with van der Waals surface area (Å²) in [6.45, 7) is 0.790. The third-order valence-electron chi connectivity index (χ3n) is 2.95. The number of nitriles is 1. The smallest absolute Gasteiger partial charge is 0.129 e. The van der Waals surface area contributed by atoms with E-state index in [0.29, 0.717) is 23.4 Å². The van der Waals surface area contributed by atoms with Crippen LogP contribution in [-0.2, 0) is 13.2 Å². The van der Waals surface area contributed by atoms with Crippen LogP contribution in [-0.4, -0.2) is 7.05 Å². The van der Waals surface area contributed by atoms with E-state index < -0.39 is 0 Å². The fraction of sp³-hybridized carbons (Fsp3) is 0.188. The second-order valence-corrected chi connectivity index (χ2v) is 5.34. The molecular weight excluding hydrogens is 335 g/mol. The maximum atomic E-state index is 13.7. The van der Waals surface area contributed by atoms with Gasteiger partial charge in [-0.15, -0.1) is 0 Å². The Labute approximate surface area is 131 Å². The van der Waals surface area contributed by atoms with Crippen LogP contribution in [0.5, 0.6) is 5.75 Å². The van der Waals surface area contributed by atoms with E-state index in [0.717, 1.165) is 10.0 Å². The molecule has 0 saturated heterocycles. The van der Waals surface area contributed by atoms with Crippen LogP contribution < -0.4 is 10.1 Å². The van der Waals surface area contributed by atoms with Crippen LogP contribution in [0.15, 0.2) is 40.9 Å². The highest BCUT2D eigenvalue weighted by molar-refractivity contribution is 9.10. The van der Waals surface area contributed by atoms with E-state index >= 15 is 0 Å². The number of rotatable bonds is 5. The molecule has 5 heteroatoms. The molecule has 0 bridgehead atoms. The Kier molecular flexibility index (Phi) is 5.32. The molecule has 0 unspecified atom stereocenters. The lowest BCUT2D eigenvalue weighted by Gasteiger charge is -2.10. The number of halogens is 2. The van der Waals surface area contributed by atoms with Crippen molar-refractivity contribution in [2.75, 3.05) is 7.05 Å². The Balaban J connectivity index is 2.13. The lowest BCUT2D eigenvalue weighted by Crippen LogP contribution is -2.06. The van der Waals surface area contributed by atoms with E-state index in [9.17, 15) is 4.39 Å². The standard InChI is InChI=1S/C16H14BrFN2O/c1-20-9-12-7-14(3-4-15(12)17)21-10-13-6-11(8-19)2-5-16(13)18/h2-7,20H,9-10H2,1H3. The van der Waals surface area contributed by atoms with Crippen LogP contribution in [0.25, 0.3) is 0 Å². The molecule has 0 aliphatic rings. The predicted molar refractivity (Wildman–Crippen MR) is 82.4 cm³/mol. The highest BCUT2D eigenvalue weighted by atomic mass is 79.9. The molecule has 0 fully saturated rings. The van der Waals surface area contributed by atoms with Gasteiger partial charge in [-0.1, -0.05) is 15.9 Å². The fourth-order valence-corrected chi connectivity index (χ4v) is 2.27. The minimum Gasteiger partial charge on any atom is -0.489 e. The van der Waals surface area contributed by atoms with Gasteiger partial charge in [0, 0.05) is 16.6 Å². The van der Waals surface area contributed by atoms with E-state index in [1.165, 1.54) is 18.2 Å². The molecular formula is C16H14BrFN2O. The van der Waals surface area contributed by atoms with Gasteiger partial charge >= 0.3 is 0 Å². The highest BCUT2D eigenvalue weighted by Gasteiger charge is 2.06. The van der Waals surface area contributed by atoms with Crippen molar-refractivity contribution in [1.82, 2.24) is 5.32 Å². The fourth-order valence-electron chi connectivity index (χ4n) is 1.88. The predicted octanol–water partition coefficient (Wildman–Crippen LogP) is 3.76. The van der Waals surface area contributed by atoms with E-state index in [1.807, 2.05) is 31.3 Å². The second kappa shape index (κ2) is 7.21. The largest absolute Gasteiger partial charge is 0.489 e. The third-order valence-corrected chi connectivity index (χ3v) is 3.73. The number of hydrogen-bond donors (Lipinski definition) is 1. The zero-order chi connectivity index (χ0) is 15.2. The Hall–Kier alpha value is -1.90. The lowest BCUT2D eigenvalue weighted by molar-refractivity contribution is 0.299. The average Bonchev–Trinajstić information content (AvgIpc) is 2.49. The summed E-state index contributed by atoms with van der Waals surface area (Å²) in [6.07, 6.45) is 0. The van der Waals surface area contributed by atoms with Crippen LogP contribution >= 0.6 is 15.9 Å². The van der Waals surface area contributed by atoms with Gasteiger partial charge in [0.1, 0.15) is 18.2 Å². The molecule has 0 saturated carbocycles. The van der Waals surface area contributed by atoms with Gasteiger partial charge in [-0.3, -0.25) is 0 Å². The van der Waals surface area contributed by atoms with Crippen molar-refractivity contribution in [3.63, 3.8) is 0 Å². The van der Waals surface area contributed by atoms with Crippen LogP contribution in [0.3, 0.4) is 0 Å². The van der Waals surface area contributed by atoms with Gasteiger partial charge in [0.05, 0.1) is 11.6 Å². The molecule has 108 valence electrons. The van der Waals surface area contributed by atoms with E-state index in [1.54, 1.807) is 0 Å². The Morgan fingerprint density at radius 3 is 2.76 bits per heavy atom. The number of nitrogens with one attached hydrogen (secondary N) is 1. The molecule has 2 aromatic carbocycles. The summed E-state index contributed by atoms with van der Waals surface area (Å²) in [5, 5.41) is 11.9. The first kappa shape index (κ1) is 15.5. The number of hydrogen-bond acceptors (Lipinski definition) is 3. The van der Waals surface area contributed by atoms with Crippen LogP contribution in [0.2, 0.25) is 0 Å². The van der Waals surface area contributed by atoms with Crippen molar-refractivity contribution >= 4 is 15.9 Å². The topological polar surface area (TPSA) is 45.0 Å². The molecule has 0 atom stereocenters. The summed E-state index contributed by atoms with van der Waals surface area (Å²) >= 11 is 3.47. The van der Waals surface area contributed by atoms with Crippen LogP contribution in [0.4, 0.5) is 4.39 Å². The van der Waals surface area contributed by atoms with Gasteiger partial charge in [0.25, 0.3) is 0 Å². The number of nitrogens with zero attached hydrogens (tertiary/aromatic N) is 1. The zero-order valence-corrected chi connectivity index (χ0v) is 13.1. The molecule has 2 aromatic rings. The summed E-state index contributed by atoms with van der Waals surface area (Å²) in [4.78, 5) is 0. The van der Waals surface area contributed by atoms with Crippen LogP contribution in [0.1, 0.15) is 16.7 Å². The highest BCUT2D eigenvalue weighted by Crippen LogP contribution is 2.23. The maximum absolute atomic E-state index is 13.7. The molecule has 0 radical (unpaired) electrons. The summed E-state index contributed by atoms with van der Waals surface area (Å²) in [6, 6.07) is 11.8. The molecule has 21 heavy (non-hydrogen) atoms. The normalized spacial score (nSPS) is 10.2. The van der Waals surface area contributed by atoms with E-state index in [4.69, 9.17) is 10.00 Å². The summed E-state index contributed by atoms with van der Waals surface area (Å²) in [5.74, 6) is 0.284. The Bertz CT molecular complexity index is 682. The molecule has 0 aromatic heterocycles. The molecule has 0 heterocycles. The van der Waals surface area contributed by atoms with Crippen molar-refractivity contribution in [3.05, 3.63) is 63.4 Å². The molecule has 0 aliphatic heterocycles. The molecule has 3 nitrogen and oxygen atoms in total. The minimum absolute atomic E-state index is 0.0853. The first-order valence-corrected chi connectivity index (χ1v) is 7.17. The molecule has 0 spiro atoms. The molecule has 2 rings (SSSR count). The Morgan fingerprint density at radius 2 is 2.05 bits per heavy atom. The van der Waals surface area contributed by atoms with Crippen molar-refractivity contribution < 1.29 is 9.13 Å². The lowest BCUT2D eigenvalue weighted by atomic mass is 10.1. The van der Waals surface area contributed by atoms with Crippen molar-refractivity contribution in [1.29, 1.82) is 5.26 Å².